The van der Waals surface area contributed by atoms with Crippen LogP contribution in [0.25, 0.3) is 10.9 Å². The fourth-order valence-electron chi connectivity index (χ4n) is 4.59. The van der Waals surface area contributed by atoms with Crippen molar-refractivity contribution in [3.05, 3.63) is 65.0 Å². The minimum atomic E-state index is -0.411. The van der Waals surface area contributed by atoms with E-state index in [2.05, 4.69) is 5.32 Å². The van der Waals surface area contributed by atoms with Gasteiger partial charge in [0.25, 0.3) is 5.91 Å². The monoisotopic (exact) mass is 403 g/mol. The van der Waals surface area contributed by atoms with Gasteiger partial charge in [0.15, 0.2) is 11.5 Å². The number of carbonyl (C=O) groups is 2. The van der Waals surface area contributed by atoms with Gasteiger partial charge in [-0.25, -0.2) is 0 Å². The van der Waals surface area contributed by atoms with Crippen molar-refractivity contribution < 1.29 is 19.4 Å². The van der Waals surface area contributed by atoms with E-state index < -0.39 is 5.92 Å². The number of ether oxygens (including phenoxy) is 1. The number of carbonyl (C=O) groups excluding carboxylic acids is 2. The summed E-state index contributed by atoms with van der Waals surface area (Å²) in [6.45, 7) is 1.61. The lowest BCUT2D eigenvalue weighted by molar-refractivity contribution is -0.139. The molecule has 5 rings (SSSR count). The first kappa shape index (κ1) is 18.3. The molecule has 0 radical (unpaired) electrons. The van der Waals surface area contributed by atoms with E-state index in [1.807, 2.05) is 36.0 Å². The van der Waals surface area contributed by atoms with Crippen LogP contribution in [0.3, 0.4) is 0 Å². The predicted molar refractivity (Wildman–Crippen MR) is 112 cm³/mol. The normalized spacial score (nSPS) is 17.8. The zero-order valence-electron chi connectivity index (χ0n) is 16.9. The van der Waals surface area contributed by atoms with Crippen LogP contribution in [0.1, 0.15) is 24.0 Å². The summed E-state index contributed by atoms with van der Waals surface area (Å²) in [5.41, 5.74) is 4.99. The highest BCUT2D eigenvalue weighted by Gasteiger charge is 2.41. The molecule has 0 saturated carbocycles. The molecule has 30 heavy (non-hydrogen) atoms. The molecule has 0 fully saturated rings. The zero-order valence-corrected chi connectivity index (χ0v) is 16.9. The highest BCUT2D eigenvalue weighted by molar-refractivity contribution is 6.11. The maximum atomic E-state index is 13.3. The van der Waals surface area contributed by atoms with Crippen LogP contribution in [0.5, 0.6) is 11.5 Å². The number of aromatic hydroxyl groups is 1. The SMILES string of the molecule is COc1cc(C2C3=C(CN(C(C)=O)C3=O)Nc3cccc4c3c2cn4C)ccc1O. The lowest BCUT2D eigenvalue weighted by Crippen LogP contribution is -2.33. The molecule has 7 nitrogen and oxygen atoms in total. The molecular weight excluding hydrogens is 382 g/mol. The lowest BCUT2D eigenvalue weighted by Gasteiger charge is -2.20. The molecule has 2 aliphatic heterocycles. The number of benzene rings is 2. The fraction of sp³-hybridized carbons (Fsp3) is 0.217. The van der Waals surface area contributed by atoms with Crippen LogP contribution in [0.2, 0.25) is 0 Å². The van der Waals surface area contributed by atoms with E-state index in [1.165, 1.54) is 18.9 Å². The highest BCUT2D eigenvalue weighted by Crippen LogP contribution is 2.47. The summed E-state index contributed by atoms with van der Waals surface area (Å²) < 4.78 is 7.35. The molecule has 2 aromatic carbocycles. The molecule has 2 aliphatic rings. The number of nitrogens with zero attached hydrogens (tertiary/aromatic N) is 2. The minimum absolute atomic E-state index is 0.0314. The highest BCUT2D eigenvalue weighted by atomic mass is 16.5. The molecule has 152 valence electrons. The number of imide groups is 1. The van der Waals surface area contributed by atoms with Gasteiger partial charge in [-0.3, -0.25) is 14.5 Å². The summed E-state index contributed by atoms with van der Waals surface area (Å²) in [6.07, 6.45) is 2.03. The predicted octanol–water partition coefficient (Wildman–Crippen LogP) is 3.09. The molecule has 0 bridgehead atoms. The van der Waals surface area contributed by atoms with Crippen molar-refractivity contribution in [2.75, 3.05) is 19.0 Å². The molecule has 0 aliphatic carbocycles. The Morgan fingerprint density at radius 1 is 1.27 bits per heavy atom. The van der Waals surface area contributed by atoms with E-state index in [0.29, 0.717) is 11.3 Å². The topological polar surface area (TPSA) is 83.8 Å². The van der Waals surface area contributed by atoms with Gasteiger partial charge in [-0.15, -0.1) is 0 Å². The van der Waals surface area contributed by atoms with E-state index in [0.717, 1.165) is 33.4 Å². The van der Waals surface area contributed by atoms with E-state index in [1.54, 1.807) is 18.2 Å². The largest absolute Gasteiger partial charge is 0.504 e. The van der Waals surface area contributed by atoms with Gasteiger partial charge in [-0.2, -0.15) is 0 Å². The molecule has 3 heterocycles. The lowest BCUT2D eigenvalue weighted by atomic mass is 9.84. The number of phenolic OH excluding ortho intramolecular Hbond substituents is 1. The summed E-state index contributed by atoms with van der Waals surface area (Å²) in [5.74, 6) is -0.633. The molecule has 7 heteroatoms. The molecule has 2 amide bonds. The van der Waals surface area contributed by atoms with Gasteiger partial charge in [0.2, 0.25) is 5.91 Å². The molecule has 2 N–H and O–H groups in total. The van der Waals surface area contributed by atoms with Crippen LogP contribution in [-0.4, -0.2) is 40.0 Å². The third kappa shape index (κ3) is 2.45. The number of amides is 2. The van der Waals surface area contributed by atoms with Gasteiger partial charge in [0.1, 0.15) is 0 Å². The average molecular weight is 403 g/mol. The third-order valence-electron chi connectivity index (χ3n) is 5.96. The molecular formula is C23H21N3O4. The second kappa shape index (κ2) is 6.38. The van der Waals surface area contributed by atoms with Crippen molar-refractivity contribution in [1.29, 1.82) is 0 Å². The van der Waals surface area contributed by atoms with Crippen molar-refractivity contribution in [3.8, 4) is 11.5 Å². The van der Waals surface area contributed by atoms with Crippen molar-refractivity contribution >= 4 is 28.4 Å². The Hall–Kier alpha value is -3.74. The maximum Gasteiger partial charge on any atom is 0.259 e. The van der Waals surface area contributed by atoms with Crippen LogP contribution in [-0.2, 0) is 16.6 Å². The number of hydrogen-bond acceptors (Lipinski definition) is 5. The van der Waals surface area contributed by atoms with E-state index >= 15 is 0 Å². The summed E-state index contributed by atoms with van der Waals surface area (Å²) in [6, 6.07) is 11.1. The van der Waals surface area contributed by atoms with Gasteiger partial charge in [-0.05, 0) is 35.4 Å². The molecule has 0 spiro atoms. The summed E-state index contributed by atoms with van der Waals surface area (Å²) >= 11 is 0. The average Bonchev–Trinajstić information content (AvgIpc) is 3.17. The number of methoxy groups -OCH3 is 1. The van der Waals surface area contributed by atoms with Gasteiger partial charge >= 0.3 is 0 Å². The van der Waals surface area contributed by atoms with Crippen LogP contribution < -0.4 is 10.1 Å². The number of aryl methyl sites for hydroxylation is 1. The summed E-state index contributed by atoms with van der Waals surface area (Å²) in [4.78, 5) is 26.7. The van der Waals surface area contributed by atoms with Crippen molar-refractivity contribution in [1.82, 2.24) is 9.47 Å². The molecule has 1 aromatic heterocycles. The second-order valence-corrected chi connectivity index (χ2v) is 7.69. The second-order valence-electron chi connectivity index (χ2n) is 7.69. The number of aromatic nitrogens is 1. The quantitative estimate of drug-likeness (QED) is 0.687. The molecule has 3 aromatic rings. The Balaban J connectivity index is 1.81. The van der Waals surface area contributed by atoms with Gasteiger partial charge in [-0.1, -0.05) is 12.1 Å². The zero-order chi connectivity index (χ0) is 21.2. The van der Waals surface area contributed by atoms with Crippen LogP contribution in [0, 0.1) is 0 Å². The first-order valence-corrected chi connectivity index (χ1v) is 9.68. The van der Waals surface area contributed by atoms with E-state index in [9.17, 15) is 14.7 Å². The Labute approximate surface area is 173 Å². The Morgan fingerprint density at radius 2 is 2.07 bits per heavy atom. The van der Waals surface area contributed by atoms with Crippen LogP contribution in [0.4, 0.5) is 5.69 Å². The fourth-order valence-corrected chi connectivity index (χ4v) is 4.59. The number of rotatable bonds is 2. The molecule has 1 unspecified atom stereocenters. The number of hydrogen-bond donors (Lipinski definition) is 2. The smallest absolute Gasteiger partial charge is 0.259 e. The van der Waals surface area contributed by atoms with Crippen molar-refractivity contribution in [2.45, 2.75) is 12.8 Å². The van der Waals surface area contributed by atoms with Gasteiger partial charge < -0.3 is 19.7 Å². The maximum absolute atomic E-state index is 13.3. The standard InChI is InChI=1S/C23H21N3O4/c1-12(27)26-11-16-22(23(26)29)20(13-7-8-18(28)19(9-13)30-3)14-10-25(2)17-6-4-5-15(24-16)21(14)17/h4-10,20,24,28H,11H2,1-3H3. The summed E-state index contributed by atoms with van der Waals surface area (Å²) in [5, 5.41) is 14.5. The Morgan fingerprint density at radius 3 is 2.80 bits per heavy atom. The van der Waals surface area contributed by atoms with E-state index in [-0.39, 0.29) is 24.1 Å². The van der Waals surface area contributed by atoms with Gasteiger partial charge in [0, 0.05) is 42.9 Å². The van der Waals surface area contributed by atoms with E-state index in [4.69, 9.17) is 4.74 Å². The van der Waals surface area contributed by atoms with Crippen molar-refractivity contribution in [2.24, 2.45) is 7.05 Å². The summed E-state index contributed by atoms with van der Waals surface area (Å²) in [7, 11) is 3.46. The Bertz CT molecular complexity index is 1270. The van der Waals surface area contributed by atoms with Crippen LogP contribution in [0.15, 0.2) is 53.9 Å². The Kier molecular flexibility index (Phi) is 3.89. The van der Waals surface area contributed by atoms with Gasteiger partial charge in [0.05, 0.1) is 24.7 Å². The van der Waals surface area contributed by atoms with Crippen LogP contribution >= 0.6 is 0 Å². The number of phenols is 1. The van der Waals surface area contributed by atoms with Crippen molar-refractivity contribution in [3.63, 3.8) is 0 Å². The number of anilines is 1. The first-order valence-electron chi connectivity index (χ1n) is 9.68. The molecule has 0 saturated heterocycles. The number of nitrogens with one attached hydrogen (secondary N) is 1. The molecule has 1 atom stereocenters. The third-order valence-corrected chi connectivity index (χ3v) is 5.96. The minimum Gasteiger partial charge on any atom is -0.504 e. The first-order chi connectivity index (χ1) is 14.4.